The normalized spacial score (nSPS) is 11.0. The summed E-state index contributed by atoms with van der Waals surface area (Å²) < 4.78 is 5.29. The van der Waals surface area contributed by atoms with Crippen molar-refractivity contribution in [3.63, 3.8) is 0 Å². The lowest BCUT2D eigenvalue weighted by atomic mass is 10.1. The fourth-order valence-electron chi connectivity index (χ4n) is 3.61. The molecule has 2 amide bonds. The smallest absolute Gasteiger partial charge is 0.261 e. The fraction of sp³-hybridized carbons (Fsp3) is 0.0833. The third-order valence-corrected chi connectivity index (χ3v) is 6.46. The Bertz CT molecular complexity index is 1510. The number of aryl methyl sites for hydroxylation is 1. The highest BCUT2D eigenvalue weighted by Crippen LogP contribution is 2.31. The van der Waals surface area contributed by atoms with Crippen LogP contribution in [0, 0.1) is 6.92 Å². The van der Waals surface area contributed by atoms with Crippen LogP contribution < -0.4 is 10.6 Å². The van der Waals surface area contributed by atoms with Gasteiger partial charge in [-0.3, -0.25) is 9.59 Å². The molecule has 10 heteroatoms. The molecule has 0 fully saturated rings. The molecule has 3 N–H and O–H groups in total. The Morgan fingerprint density at radius 3 is 2.82 bits per heavy atom. The Kier molecular flexibility index (Phi) is 5.87. The number of fused-ring (bicyclic) bond motifs is 1. The number of anilines is 1. The summed E-state index contributed by atoms with van der Waals surface area (Å²) in [6.45, 7) is 2.09. The molecule has 0 bridgehead atoms. The average Bonchev–Trinajstić information content (AvgIpc) is 3.57. The highest BCUT2D eigenvalue weighted by atomic mass is 35.5. The minimum Gasteiger partial charge on any atom is -0.360 e. The second-order valence-electron chi connectivity index (χ2n) is 7.48. The minimum atomic E-state index is -0.422. The third kappa shape index (κ3) is 4.18. The summed E-state index contributed by atoms with van der Waals surface area (Å²) in [5, 5.41) is 12.8. The average molecular weight is 492 g/mol. The van der Waals surface area contributed by atoms with Gasteiger partial charge in [0.25, 0.3) is 11.8 Å². The first-order valence-electron chi connectivity index (χ1n) is 10.3. The number of hydrogen-bond donors (Lipinski definition) is 3. The molecule has 0 unspecified atom stereocenters. The Balaban J connectivity index is 1.40. The molecular weight excluding hydrogens is 474 g/mol. The molecule has 170 valence electrons. The van der Waals surface area contributed by atoms with E-state index in [0.29, 0.717) is 50.9 Å². The Labute approximate surface area is 203 Å². The van der Waals surface area contributed by atoms with Crippen LogP contribution >= 0.6 is 22.9 Å². The predicted molar refractivity (Wildman–Crippen MR) is 131 cm³/mol. The van der Waals surface area contributed by atoms with E-state index in [2.05, 4.69) is 25.8 Å². The summed E-state index contributed by atoms with van der Waals surface area (Å²) in [5.41, 5.74) is 2.62. The second-order valence-corrected chi connectivity index (χ2v) is 8.92. The van der Waals surface area contributed by atoms with E-state index in [1.54, 1.807) is 48.7 Å². The largest absolute Gasteiger partial charge is 0.360 e. The highest BCUT2D eigenvalue weighted by molar-refractivity contribution is 7.09. The number of amides is 2. The molecule has 4 heterocycles. The van der Waals surface area contributed by atoms with E-state index in [-0.39, 0.29) is 11.5 Å². The number of aromatic amines is 1. The number of carbonyl (C=O) groups is 2. The monoisotopic (exact) mass is 491 g/mol. The summed E-state index contributed by atoms with van der Waals surface area (Å²) in [6, 6.07) is 12.7. The molecule has 0 aliphatic rings. The van der Waals surface area contributed by atoms with Gasteiger partial charge in [0.1, 0.15) is 22.7 Å². The topological polar surface area (TPSA) is 113 Å². The molecule has 4 aromatic heterocycles. The van der Waals surface area contributed by atoms with Gasteiger partial charge >= 0.3 is 0 Å². The first kappa shape index (κ1) is 21.9. The van der Waals surface area contributed by atoms with E-state index in [9.17, 15) is 9.59 Å². The van der Waals surface area contributed by atoms with Crippen LogP contribution in [0.1, 0.15) is 31.4 Å². The number of carbonyl (C=O) groups excluding carboxylic acids is 2. The van der Waals surface area contributed by atoms with Crippen molar-refractivity contribution in [2.45, 2.75) is 13.5 Å². The Hall–Kier alpha value is -3.95. The molecule has 0 aliphatic carbocycles. The number of benzene rings is 1. The third-order valence-electron chi connectivity index (χ3n) is 5.26. The van der Waals surface area contributed by atoms with Crippen LogP contribution in [0.15, 0.2) is 64.8 Å². The number of H-pyrrole nitrogens is 1. The minimum absolute atomic E-state index is 0.235. The number of nitrogens with zero attached hydrogens (tertiary/aromatic N) is 2. The van der Waals surface area contributed by atoms with Crippen molar-refractivity contribution in [2.24, 2.45) is 0 Å². The molecule has 0 radical (unpaired) electrons. The molecule has 0 atom stereocenters. The Morgan fingerprint density at radius 2 is 2.03 bits per heavy atom. The van der Waals surface area contributed by atoms with Gasteiger partial charge in [-0.2, -0.15) is 0 Å². The lowest BCUT2D eigenvalue weighted by Crippen LogP contribution is -2.22. The van der Waals surface area contributed by atoms with Crippen molar-refractivity contribution in [3.8, 4) is 11.3 Å². The van der Waals surface area contributed by atoms with Crippen LogP contribution in [0.3, 0.4) is 0 Å². The molecule has 34 heavy (non-hydrogen) atoms. The van der Waals surface area contributed by atoms with Crippen LogP contribution in [0.2, 0.25) is 5.02 Å². The van der Waals surface area contributed by atoms with Gasteiger partial charge < -0.3 is 20.1 Å². The van der Waals surface area contributed by atoms with E-state index >= 15 is 0 Å². The summed E-state index contributed by atoms with van der Waals surface area (Å²) in [5.74, 6) is -0.299. The second kappa shape index (κ2) is 9.12. The van der Waals surface area contributed by atoms with Crippen molar-refractivity contribution in [1.82, 2.24) is 20.4 Å². The first-order chi connectivity index (χ1) is 16.5. The zero-order valence-corrected chi connectivity index (χ0v) is 19.5. The summed E-state index contributed by atoms with van der Waals surface area (Å²) in [4.78, 5) is 34.3. The van der Waals surface area contributed by atoms with Crippen molar-refractivity contribution in [2.75, 3.05) is 5.32 Å². The van der Waals surface area contributed by atoms with Gasteiger partial charge in [-0.25, -0.2) is 4.98 Å². The van der Waals surface area contributed by atoms with Gasteiger partial charge in [-0.15, -0.1) is 11.3 Å². The summed E-state index contributed by atoms with van der Waals surface area (Å²) >= 11 is 7.87. The molecule has 0 spiro atoms. The maximum Gasteiger partial charge on any atom is 0.261 e. The number of aromatic nitrogens is 3. The molecular formula is C24H18ClN5O3S. The zero-order chi connectivity index (χ0) is 23.7. The van der Waals surface area contributed by atoms with Gasteiger partial charge in [-0.1, -0.05) is 41.0 Å². The van der Waals surface area contributed by atoms with Gasteiger partial charge in [0, 0.05) is 22.0 Å². The quantitative estimate of drug-likeness (QED) is 0.293. The van der Waals surface area contributed by atoms with Crippen molar-refractivity contribution >= 4 is 51.5 Å². The molecule has 0 saturated heterocycles. The molecule has 0 saturated carbocycles. The lowest BCUT2D eigenvalue weighted by molar-refractivity contribution is 0.0952. The van der Waals surface area contributed by atoms with Crippen LogP contribution in [0.25, 0.3) is 22.3 Å². The van der Waals surface area contributed by atoms with Crippen LogP contribution in [0.5, 0.6) is 0 Å². The van der Waals surface area contributed by atoms with Crippen molar-refractivity contribution in [3.05, 3.63) is 87.0 Å². The van der Waals surface area contributed by atoms with Crippen LogP contribution in [0.4, 0.5) is 5.69 Å². The van der Waals surface area contributed by atoms with E-state index in [1.165, 1.54) is 6.20 Å². The van der Waals surface area contributed by atoms with Gasteiger partial charge in [0.2, 0.25) is 0 Å². The van der Waals surface area contributed by atoms with Crippen LogP contribution in [-0.4, -0.2) is 26.9 Å². The van der Waals surface area contributed by atoms with Gasteiger partial charge in [0.05, 0.1) is 29.0 Å². The van der Waals surface area contributed by atoms with Crippen molar-refractivity contribution < 1.29 is 14.1 Å². The number of pyridine rings is 1. The van der Waals surface area contributed by atoms with Gasteiger partial charge in [0.15, 0.2) is 0 Å². The van der Waals surface area contributed by atoms with Crippen LogP contribution in [-0.2, 0) is 6.54 Å². The fourth-order valence-corrected chi connectivity index (χ4v) is 4.48. The number of rotatable bonds is 6. The number of halogens is 1. The van der Waals surface area contributed by atoms with Gasteiger partial charge in [-0.05, 0) is 30.5 Å². The number of thiophene rings is 1. The van der Waals surface area contributed by atoms with E-state index in [0.717, 1.165) is 4.88 Å². The maximum atomic E-state index is 13.2. The van der Waals surface area contributed by atoms with Crippen molar-refractivity contribution in [1.29, 1.82) is 0 Å². The number of hydrogen-bond acceptors (Lipinski definition) is 6. The van der Waals surface area contributed by atoms with E-state index in [4.69, 9.17) is 16.1 Å². The standard InChI is InChI=1S/C24H18ClN5O3S/c1-13-20(21(30-33-13)16-6-2-3-7-19(16)25)24(32)29-14-9-17-18(12-27-22(17)26-10-14)23(31)28-11-15-5-4-8-34-15/h2-10,12H,11H2,1H3,(H,26,27)(H,28,31)(H,29,32). The number of nitrogens with one attached hydrogen (secondary N) is 3. The highest BCUT2D eigenvalue weighted by Gasteiger charge is 2.23. The molecule has 5 aromatic rings. The molecule has 0 aliphatic heterocycles. The zero-order valence-electron chi connectivity index (χ0n) is 17.9. The SMILES string of the molecule is Cc1onc(-c2ccccc2Cl)c1C(=O)Nc1cnc2[nH]cc(C(=O)NCc3cccs3)c2c1. The first-order valence-corrected chi connectivity index (χ1v) is 11.6. The molecule has 5 rings (SSSR count). The molecule has 8 nitrogen and oxygen atoms in total. The summed E-state index contributed by atoms with van der Waals surface area (Å²) in [7, 11) is 0. The lowest BCUT2D eigenvalue weighted by Gasteiger charge is -2.07. The summed E-state index contributed by atoms with van der Waals surface area (Å²) in [6.07, 6.45) is 3.12. The Morgan fingerprint density at radius 1 is 1.18 bits per heavy atom. The maximum absolute atomic E-state index is 13.2. The predicted octanol–water partition coefficient (Wildman–Crippen LogP) is 5.42. The molecule has 1 aromatic carbocycles. The van der Waals surface area contributed by atoms with E-state index < -0.39 is 5.91 Å². The van der Waals surface area contributed by atoms with E-state index in [1.807, 2.05) is 23.6 Å².